The van der Waals surface area contributed by atoms with Crippen molar-refractivity contribution >= 4 is 11.7 Å². The molecule has 0 radical (unpaired) electrons. The summed E-state index contributed by atoms with van der Waals surface area (Å²) in [6.07, 6.45) is 0.191. The second-order valence-electron chi connectivity index (χ2n) is 6.48. The normalized spacial score (nSPS) is 19.6. The third-order valence-electron chi connectivity index (χ3n) is 4.17. The molecule has 1 unspecified atom stereocenters. The monoisotopic (exact) mass is 337 g/mol. The van der Waals surface area contributed by atoms with E-state index in [1.807, 2.05) is 74.6 Å². The average Bonchev–Trinajstić information content (AvgIpc) is 2.91. The number of hydroxylamine groups is 2. The number of benzene rings is 2. The Balaban J connectivity index is 1.69. The summed E-state index contributed by atoms with van der Waals surface area (Å²) in [4.78, 5) is 24.9. The number of carbonyl (C=O) groups excluding carboxylic acids is 1. The van der Waals surface area contributed by atoms with E-state index in [0.29, 0.717) is 6.54 Å². The zero-order chi connectivity index (χ0) is 17.9. The predicted molar refractivity (Wildman–Crippen MR) is 97.8 cm³/mol. The Bertz CT molecular complexity index is 761. The van der Waals surface area contributed by atoms with E-state index in [1.54, 1.807) is 17.0 Å². The lowest BCUT2D eigenvalue weighted by atomic mass is 10.1. The Morgan fingerprint density at radius 1 is 1.12 bits per heavy atom. The third-order valence-corrected chi connectivity index (χ3v) is 4.17. The molecule has 1 atom stereocenters. The Hall–Kier alpha value is -2.66. The van der Waals surface area contributed by atoms with E-state index < -0.39 is 5.72 Å². The molecule has 25 heavy (non-hydrogen) atoms. The van der Waals surface area contributed by atoms with Crippen LogP contribution in [0.1, 0.15) is 24.5 Å². The first kappa shape index (κ1) is 17.2. The summed E-state index contributed by atoms with van der Waals surface area (Å²) in [6, 6.07) is 19.8. The highest BCUT2D eigenvalue weighted by molar-refractivity contribution is 5.99. The highest BCUT2D eigenvalue weighted by Crippen LogP contribution is 2.28. The molecular weight excluding hydrogens is 314 g/mol. The number of nitrogens with zero attached hydrogens (tertiary/aromatic N) is 3. The van der Waals surface area contributed by atoms with Crippen molar-refractivity contribution in [3.8, 4) is 0 Å². The summed E-state index contributed by atoms with van der Waals surface area (Å²) in [5, 5.41) is 1.64. The molecule has 5 nitrogen and oxygen atoms in total. The van der Waals surface area contributed by atoms with Crippen LogP contribution in [0, 0.1) is 0 Å². The smallest absolute Gasteiger partial charge is 0.227 e. The van der Waals surface area contributed by atoms with Crippen LogP contribution in [0.4, 0.5) is 0 Å². The number of amides is 1. The van der Waals surface area contributed by atoms with Gasteiger partial charge in [-0.2, -0.15) is 0 Å². The molecular formula is C20H23N3O2. The fraction of sp³-hybridized carbons (Fsp3) is 0.300. The Kier molecular flexibility index (Phi) is 4.86. The van der Waals surface area contributed by atoms with Crippen molar-refractivity contribution in [3.63, 3.8) is 0 Å². The summed E-state index contributed by atoms with van der Waals surface area (Å²) < 4.78 is 0. The van der Waals surface area contributed by atoms with Gasteiger partial charge in [0.1, 0.15) is 0 Å². The minimum absolute atomic E-state index is 0.00202. The van der Waals surface area contributed by atoms with E-state index in [2.05, 4.69) is 4.99 Å². The number of amidine groups is 1. The zero-order valence-electron chi connectivity index (χ0n) is 14.8. The Morgan fingerprint density at radius 3 is 2.36 bits per heavy atom. The molecule has 5 heteroatoms. The van der Waals surface area contributed by atoms with Crippen molar-refractivity contribution in [2.45, 2.75) is 25.6 Å². The van der Waals surface area contributed by atoms with Crippen LogP contribution in [-0.2, 0) is 16.2 Å². The molecule has 2 aromatic rings. The standard InChI is InChI=1S/C20H23N3O2/c1-20(14-18(24)22(2)15-16-10-6-4-7-11-16)21-19(23(3)25-20)17-12-8-5-9-13-17/h4-13H,14-15H2,1-3H3. The molecule has 130 valence electrons. The lowest BCUT2D eigenvalue weighted by Crippen LogP contribution is -2.36. The molecule has 0 aromatic heterocycles. The molecule has 0 bridgehead atoms. The lowest BCUT2D eigenvalue weighted by Gasteiger charge is -2.24. The van der Waals surface area contributed by atoms with Gasteiger partial charge in [-0.15, -0.1) is 0 Å². The highest BCUT2D eigenvalue weighted by atomic mass is 16.7. The molecule has 3 rings (SSSR count). The average molecular weight is 337 g/mol. The molecule has 0 saturated heterocycles. The van der Waals surface area contributed by atoms with E-state index in [0.717, 1.165) is 17.0 Å². The maximum Gasteiger partial charge on any atom is 0.227 e. The van der Waals surface area contributed by atoms with Gasteiger partial charge >= 0.3 is 0 Å². The molecule has 2 aromatic carbocycles. The van der Waals surface area contributed by atoms with Crippen LogP contribution in [0.15, 0.2) is 65.7 Å². The molecule has 0 saturated carbocycles. The Morgan fingerprint density at radius 2 is 1.72 bits per heavy atom. The molecule has 0 fully saturated rings. The first-order chi connectivity index (χ1) is 12.0. The van der Waals surface area contributed by atoms with Gasteiger partial charge in [-0.1, -0.05) is 60.7 Å². The predicted octanol–water partition coefficient (Wildman–Crippen LogP) is 3.08. The van der Waals surface area contributed by atoms with Crippen LogP contribution >= 0.6 is 0 Å². The van der Waals surface area contributed by atoms with Gasteiger partial charge < -0.3 is 4.90 Å². The maximum absolute atomic E-state index is 12.6. The molecule has 0 N–H and O–H groups in total. The van der Waals surface area contributed by atoms with E-state index in [4.69, 9.17) is 4.84 Å². The van der Waals surface area contributed by atoms with Gasteiger partial charge in [0.2, 0.25) is 5.91 Å². The van der Waals surface area contributed by atoms with Crippen LogP contribution in [0.2, 0.25) is 0 Å². The van der Waals surface area contributed by atoms with Crippen LogP contribution < -0.4 is 0 Å². The first-order valence-corrected chi connectivity index (χ1v) is 8.33. The second-order valence-corrected chi connectivity index (χ2v) is 6.48. The van der Waals surface area contributed by atoms with Gasteiger partial charge in [0.15, 0.2) is 11.6 Å². The largest absolute Gasteiger partial charge is 0.341 e. The quantitative estimate of drug-likeness (QED) is 0.842. The van der Waals surface area contributed by atoms with Crippen LogP contribution in [0.5, 0.6) is 0 Å². The Labute approximate surface area is 148 Å². The maximum atomic E-state index is 12.6. The number of hydrogen-bond donors (Lipinski definition) is 0. The van der Waals surface area contributed by atoms with Crippen molar-refractivity contribution in [1.82, 2.24) is 9.96 Å². The summed E-state index contributed by atoms with van der Waals surface area (Å²) in [5.41, 5.74) is 1.18. The topological polar surface area (TPSA) is 45.1 Å². The number of hydrogen-bond acceptors (Lipinski definition) is 4. The van der Waals surface area contributed by atoms with Gasteiger partial charge in [-0.25, -0.2) is 14.9 Å². The fourth-order valence-corrected chi connectivity index (χ4v) is 2.92. The van der Waals surface area contributed by atoms with Crippen LogP contribution in [-0.4, -0.2) is 41.5 Å². The van der Waals surface area contributed by atoms with Gasteiger partial charge in [0.05, 0.1) is 6.42 Å². The van der Waals surface area contributed by atoms with E-state index in [1.165, 1.54) is 0 Å². The lowest BCUT2D eigenvalue weighted by molar-refractivity contribution is -0.170. The number of aliphatic imine (C=N–C) groups is 1. The van der Waals surface area contributed by atoms with E-state index in [-0.39, 0.29) is 12.3 Å². The number of rotatable bonds is 5. The van der Waals surface area contributed by atoms with E-state index >= 15 is 0 Å². The first-order valence-electron chi connectivity index (χ1n) is 8.33. The van der Waals surface area contributed by atoms with E-state index in [9.17, 15) is 4.79 Å². The summed E-state index contributed by atoms with van der Waals surface area (Å²) in [5.74, 6) is 0.736. The summed E-state index contributed by atoms with van der Waals surface area (Å²) in [6.45, 7) is 2.41. The molecule has 1 heterocycles. The minimum atomic E-state index is -0.887. The molecule has 0 spiro atoms. The van der Waals surface area contributed by atoms with Gasteiger partial charge in [-0.3, -0.25) is 4.79 Å². The number of carbonyl (C=O) groups is 1. The molecule has 1 aliphatic heterocycles. The third kappa shape index (κ3) is 4.06. The molecule has 0 aliphatic carbocycles. The van der Waals surface area contributed by atoms with Crippen LogP contribution in [0.25, 0.3) is 0 Å². The van der Waals surface area contributed by atoms with Gasteiger partial charge in [0, 0.05) is 26.2 Å². The summed E-state index contributed by atoms with van der Waals surface area (Å²) >= 11 is 0. The van der Waals surface area contributed by atoms with Crippen molar-refractivity contribution < 1.29 is 9.63 Å². The van der Waals surface area contributed by atoms with Crippen molar-refractivity contribution in [3.05, 3.63) is 71.8 Å². The zero-order valence-corrected chi connectivity index (χ0v) is 14.8. The SMILES string of the molecule is CN(Cc1ccccc1)C(=O)CC1(C)N=C(c2ccccc2)N(C)O1. The van der Waals surface area contributed by atoms with Gasteiger partial charge in [-0.05, 0) is 12.5 Å². The molecule has 1 amide bonds. The minimum Gasteiger partial charge on any atom is -0.341 e. The highest BCUT2D eigenvalue weighted by Gasteiger charge is 2.38. The second kappa shape index (κ2) is 7.07. The fourth-order valence-electron chi connectivity index (χ4n) is 2.92. The van der Waals surface area contributed by atoms with Crippen molar-refractivity contribution in [1.29, 1.82) is 0 Å². The summed E-state index contributed by atoms with van der Waals surface area (Å²) in [7, 11) is 3.62. The van der Waals surface area contributed by atoms with Crippen LogP contribution in [0.3, 0.4) is 0 Å². The van der Waals surface area contributed by atoms with Crippen molar-refractivity contribution in [2.24, 2.45) is 4.99 Å². The van der Waals surface area contributed by atoms with Crippen molar-refractivity contribution in [2.75, 3.05) is 14.1 Å². The van der Waals surface area contributed by atoms with Gasteiger partial charge in [0.25, 0.3) is 0 Å². The molecule has 1 aliphatic rings.